The number of nitrogens with one attached hydrogen (secondary N) is 1. The minimum absolute atomic E-state index is 0.00907. The van der Waals surface area contributed by atoms with Crippen molar-refractivity contribution < 1.29 is 18.0 Å². The molecule has 0 heterocycles. The number of nitrogens with zero attached hydrogens (tertiary/aromatic N) is 2. The van der Waals surface area contributed by atoms with E-state index in [0.717, 1.165) is 4.31 Å². The van der Waals surface area contributed by atoms with Gasteiger partial charge in [0.25, 0.3) is 10.0 Å². The van der Waals surface area contributed by atoms with Gasteiger partial charge in [-0.05, 0) is 74.7 Å². The summed E-state index contributed by atoms with van der Waals surface area (Å²) >= 11 is 12.4. The predicted molar refractivity (Wildman–Crippen MR) is 157 cm³/mol. The first kappa shape index (κ1) is 30.5. The van der Waals surface area contributed by atoms with E-state index in [4.69, 9.17) is 23.2 Å². The number of carbonyl (C=O) groups is 2. The molecule has 3 aromatic rings. The average molecular weight is 591 g/mol. The van der Waals surface area contributed by atoms with E-state index in [1.165, 1.54) is 29.2 Å². The highest BCUT2D eigenvalue weighted by Crippen LogP contribution is 2.28. The average Bonchev–Trinajstić information content (AvgIpc) is 2.88. The molecule has 7 nitrogen and oxygen atoms in total. The van der Waals surface area contributed by atoms with Crippen molar-refractivity contribution in [1.82, 2.24) is 10.2 Å². The van der Waals surface area contributed by atoms with Crippen molar-refractivity contribution in [3.63, 3.8) is 0 Å². The minimum atomic E-state index is -4.17. The van der Waals surface area contributed by atoms with Crippen LogP contribution in [-0.2, 0) is 26.2 Å². The van der Waals surface area contributed by atoms with Gasteiger partial charge in [-0.3, -0.25) is 13.9 Å². The van der Waals surface area contributed by atoms with E-state index in [0.29, 0.717) is 33.3 Å². The lowest BCUT2D eigenvalue weighted by atomic mass is 10.1. The molecular weight excluding hydrogens is 557 g/mol. The van der Waals surface area contributed by atoms with Crippen molar-refractivity contribution in [3.05, 3.63) is 94.0 Å². The first-order valence-electron chi connectivity index (χ1n) is 12.6. The number of para-hydroxylation sites is 1. The van der Waals surface area contributed by atoms with Crippen molar-refractivity contribution in [3.8, 4) is 0 Å². The number of rotatable bonds is 11. The predicted octanol–water partition coefficient (Wildman–Crippen LogP) is 5.83. The van der Waals surface area contributed by atoms with Crippen molar-refractivity contribution in [1.29, 1.82) is 0 Å². The van der Waals surface area contributed by atoms with Gasteiger partial charge in [0, 0.05) is 22.6 Å². The summed E-state index contributed by atoms with van der Waals surface area (Å²) < 4.78 is 28.9. The highest BCUT2D eigenvalue weighted by atomic mass is 35.5. The third-order valence-corrected chi connectivity index (χ3v) is 8.57. The summed E-state index contributed by atoms with van der Waals surface area (Å²) in [7, 11) is -4.17. The molecule has 0 aliphatic heterocycles. The molecule has 10 heteroatoms. The molecule has 39 heavy (non-hydrogen) atoms. The molecular formula is C29H33Cl2N3O4S. The third kappa shape index (κ3) is 7.53. The lowest BCUT2D eigenvalue weighted by Gasteiger charge is -2.34. The molecule has 1 atom stereocenters. The van der Waals surface area contributed by atoms with Gasteiger partial charge in [-0.1, -0.05) is 66.5 Å². The van der Waals surface area contributed by atoms with Gasteiger partial charge >= 0.3 is 0 Å². The summed E-state index contributed by atoms with van der Waals surface area (Å²) in [6.45, 7) is 6.77. The fourth-order valence-corrected chi connectivity index (χ4v) is 6.00. The van der Waals surface area contributed by atoms with Gasteiger partial charge < -0.3 is 10.2 Å². The first-order valence-corrected chi connectivity index (χ1v) is 14.8. The Kier molecular flexibility index (Phi) is 10.4. The van der Waals surface area contributed by atoms with Gasteiger partial charge in [-0.15, -0.1) is 0 Å². The molecule has 0 saturated carbocycles. The maximum absolute atomic E-state index is 14.1. The summed E-state index contributed by atoms with van der Waals surface area (Å²) in [5.41, 5.74) is 1.68. The zero-order valence-electron chi connectivity index (χ0n) is 22.4. The minimum Gasteiger partial charge on any atom is -0.352 e. The molecule has 0 radical (unpaired) electrons. The van der Waals surface area contributed by atoms with Crippen LogP contribution in [0.15, 0.2) is 77.7 Å². The van der Waals surface area contributed by atoms with Crippen LogP contribution in [0, 0.1) is 6.92 Å². The zero-order chi connectivity index (χ0) is 28.7. The van der Waals surface area contributed by atoms with Crippen LogP contribution in [0.5, 0.6) is 0 Å². The summed E-state index contributed by atoms with van der Waals surface area (Å²) in [4.78, 5) is 28.6. The van der Waals surface area contributed by atoms with Gasteiger partial charge in [-0.2, -0.15) is 0 Å². The second-order valence-corrected chi connectivity index (χ2v) is 12.2. The number of sulfonamides is 1. The van der Waals surface area contributed by atoms with Gasteiger partial charge in [-0.25, -0.2) is 8.42 Å². The van der Waals surface area contributed by atoms with E-state index in [9.17, 15) is 18.0 Å². The Morgan fingerprint density at radius 1 is 0.923 bits per heavy atom. The van der Waals surface area contributed by atoms with Crippen LogP contribution in [-0.4, -0.2) is 43.8 Å². The molecule has 1 N–H and O–H groups in total. The van der Waals surface area contributed by atoms with Gasteiger partial charge in [0.15, 0.2) is 0 Å². The standard InChI is InChI=1S/C29H33Cl2N3O4S/c1-5-26(29(36)32-20(2)3)33(18-22-11-7-8-12-25(22)31)28(35)19-34(27-13-9-6-10-21(27)4)39(37,38)24-16-14-23(30)15-17-24/h6-17,20,26H,5,18-19H2,1-4H3,(H,32,36). The Labute approximate surface area is 240 Å². The van der Waals surface area contributed by atoms with Crippen molar-refractivity contribution in [2.24, 2.45) is 0 Å². The number of aryl methyl sites for hydroxylation is 1. The van der Waals surface area contributed by atoms with Crippen molar-refractivity contribution in [2.75, 3.05) is 10.8 Å². The number of amides is 2. The lowest BCUT2D eigenvalue weighted by molar-refractivity contribution is -0.140. The molecule has 208 valence electrons. The normalized spacial score (nSPS) is 12.2. The van der Waals surface area contributed by atoms with Crippen LogP contribution in [0.3, 0.4) is 0 Å². The molecule has 3 aromatic carbocycles. The fourth-order valence-electron chi connectivity index (χ4n) is 4.20. The van der Waals surface area contributed by atoms with E-state index in [1.807, 2.05) is 13.8 Å². The largest absolute Gasteiger partial charge is 0.352 e. The maximum Gasteiger partial charge on any atom is 0.264 e. The SMILES string of the molecule is CCC(C(=O)NC(C)C)N(Cc1ccccc1Cl)C(=O)CN(c1ccccc1C)S(=O)(=O)c1ccc(Cl)cc1. The molecule has 1 unspecified atom stereocenters. The van der Waals surface area contributed by atoms with Gasteiger partial charge in [0.2, 0.25) is 11.8 Å². The van der Waals surface area contributed by atoms with Gasteiger partial charge in [0.05, 0.1) is 10.6 Å². The quantitative estimate of drug-likeness (QED) is 0.305. The maximum atomic E-state index is 14.1. The summed E-state index contributed by atoms with van der Waals surface area (Å²) in [6.07, 6.45) is 0.322. The zero-order valence-corrected chi connectivity index (χ0v) is 24.7. The molecule has 0 spiro atoms. The second-order valence-electron chi connectivity index (χ2n) is 9.45. The van der Waals surface area contributed by atoms with Crippen LogP contribution in [0.2, 0.25) is 10.0 Å². The van der Waals surface area contributed by atoms with Crippen LogP contribution in [0.1, 0.15) is 38.3 Å². The molecule has 0 aliphatic carbocycles. The molecule has 2 amide bonds. The Balaban J connectivity index is 2.09. The molecule has 0 bridgehead atoms. The van der Waals surface area contributed by atoms with E-state index in [1.54, 1.807) is 62.4 Å². The van der Waals surface area contributed by atoms with Gasteiger partial charge in [0.1, 0.15) is 12.6 Å². The summed E-state index contributed by atoms with van der Waals surface area (Å²) in [5.74, 6) is -0.864. The Bertz CT molecular complexity index is 1410. The molecule has 0 saturated heterocycles. The highest BCUT2D eigenvalue weighted by Gasteiger charge is 2.34. The van der Waals surface area contributed by atoms with E-state index in [2.05, 4.69) is 5.32 Å². The highest BCUT2D eigenvalue weighted by molar-refractivity contribution is 7.92. The van der Waals surface area contributed by atoms with E-state index >= 15 is 0 Å². The second kappa shape index (κ2) is 13.3. The molecule has 0 aliphatic rings. The number of anilines is 1. The Hall–Kier alpha value is -3.07. The molecule has 3 rings (SSSR count). The molecule has 0 fully saturated rings. The van der Waals surface area contributed by atoms with Crippen molar-refractivity contribution >= 4 is 50.7 Å². The number of carbonyl (C=O) groups excluding carboxylic acids is 2. The van der Waals surface area contributed by atoms with E-state index < -0.39 is 28.5 Å². The number of hydrogen-bond acceptors (Lipinski definition) is 4. The van der Waals surface area contributed by atoms with Crippen LogP contribution < -0.4 is 9.62 Å². The Morgan fingerprint density at radius 2 is 1.54 bits per heavy atom. The Morgan fingerprint density at radius 3 is 2.13 bits per heavy atom. The smallest absolute Gasteiger partial charge is 0.264 e. The number of halogens is 2. The van der Waals surface area contributed by atoms with Crippen LogP contribution >= 0.6 is 23.2 Å². The summed E-state index contributed by atoms with van der Waals surface area (Å²) in [6, 6.07) is 18.8. The topological polar surface area (TPSA) is 86.8 Å². The van der Waals surface area contributed by atoms with Crippen LogP contribution in [0.4, 0.5) is 5.69 Å². The summed E-state index contributed by atoms with van der Waals surface area (Å²) in [5, 5.41) is 3.71. The fraction of sp³-hybridized carbons (Fsp3) is 0.310. The first-order chi connectivity index (χ1) is 18.4. The third-order valence-electron chi connectivity index (χ3n) is 6.18. The van der Waals surface area contributed by atoms with E-state index in [-0.39, 0.29) is 23.4 Å². The molecule has 0 aromatic heterocycles. The monoisotopic (exact) mass is 589 g/mol. The van der Waals surface area contributed by atoms with Crippen LogP contribution in [0.25, 0.3) is 0 Å². The van der Waals surface area contributed by atoms with Crippen molar-refractivity contribution in [2.45, 2.75) is 57.6 Å². The lowest BCUT2D eigenvalue weighted by Crippen LogP contribution is -2.53. The number of benzene rings is 3. The number of hydrogen-bond donors (Lipinski definition) is 1.